The Morgan fingerprint density at radius 2 is 2.42 bits per heavy atom. The van der Waals surface area contributed by atoms with Gasteiger partial charge < -0.3 is 5.73 Å². The molecule has 0 radical (unpaired) electrons. The summed E-state index contributed by atoms with van der Waals surface area (Å²) in [6, 6.07) is 2.22. The van der Waals surface area contributed by atoms with E-state index in [1.165, 1.54) is 17.5 Å². The summed E-state index contributed by atoms with van der Waals surface area (Å²) in [5.41, 5.74) is 8.19. The molecule has 2 atom stereocenters. The quantitative estimate of drug-likeness (QED) is 0.715. The third-order valence-corrected chi connectivity index (χ3v) is 2.55. The third-order valence-electron chi connectivity index (χ3n) is 2.55. The maximum atomic E-state index is 5.58. The lowest BCUT2D eigenvalue weighted by Crippen LogP contribution is -2.02. The van der Waals surface area contributed by atoms with Crippen molar-refractivity contribution in [2.45, 2.75) is 19.3 Å². The van der Waals surface area contributed by atoms with Crippen LogP contribution in [0.1, 0.15) is 23.5 Å². The largest absolute Gasteiger partial charge is 0.330 e. The summed E-state index contributed by atoms with van der Waals surface area (Å²) >= 11 is 0. The number of hydrogen-bond donors (Lipinski definition) is 1. The number of rotatable bonds is 2. The molecule has 0 amide bonds. The minimum atomic E-state index is 0.697. The number of aromatic nitrogens is 1. The van der Waals surface area contributed by atoms with E-state index >= 15 is 0 Å². The number of nitrogens with two attached hydrogens (primary N) is 1. The van der Waals surface area contributed by atoms with Gasteiger partial charge >= 0.3 is 0 Å². The van der Waals surface area contributed by atoms with Gasteiger partial charge in [0.1, 0.15) is 0 Å². The molecule has 12 heavy (non-hydrogen) atoms. The summed E-state index contributed by atoms with van der Waals surface area (Å²) in [5.74, 6) is 1.41. The fourth-order valence-corrected chi connectivity index (χ4v) is 1.70. The molecule has 1 heterocycles. The second-order valence-corrected chi connectivity index (χ2v) is 3.63. The normalized spacial score (nSPS) is 27.2. The highest BCUT2D eigenvalue weighted by molar-refractivity contribution is 5.26. The first-order valence-corrected chi connectivity index (χ1v) is 4.43. The van der Waals surface area contributed by atoms with Crippen molar-refractivity contribution in [1.82, 2.24) is 4.98 Å². The van der Waals surface area contributed by atoms with E-state index in [0.29, 0.717) is 11.8 Å². The Morgan fingerprint density at radius 3 is 3.00 bits per heavy atom. The Labute approximate surface area is 72.8 Å². The van der Waals surface area contributed by atoms with E-state index in [-0.39, 0.29) is 0 Å². The van der Waals surface area contributed by atoms with Crippen molar-refractivity contribution in [1.29, 1.82) is 0 Å². The molecular formula is C10H14N2. The highest BCUT2D eigenvalue weighted by Crippen LogP contribution is 2.46. The molecule has 2 rings (SSSR count). The monoisotopic (exact) mass is 162 g/mol. The van der Waals surface area contributed by atoms with Crippen molar-refractivity contribution in [2.24, 2.45) is 11.7 Å². The number of aryl methyl sites for hydroxylation is 1. The molecule has 1 fully saturated rings. The van der Waals surface area contributed by atoms with Gasteiger partial charge in [0, 0.05) is 12.4 Å². The summed E-state index contributed by atoms with van der Waals surface area (Å²) < 4.78 is 0. The van der Waals surface area contributed by atoms with Crippen LogP contribution in [0.25, 0.3) is 0 Å². The van der Waals surface area contributed by atoms with Crippen LogP contribution in [0.15, 0.2) is 18.5 Å². The Balaban J connectivity index is 2.14. The van der Waals surface area contributed by atoms with Gasteiger partial charge in [0.05, 0.1) is 0 Å². The summed E-state index contributed by atoms with van der Waals surface area (Å²) in [6.07, 6.45) is 5.11. The van der Waals surface area contributed by atoms with Gasteiger partial charge in [0.2, 0.25) is 0 Å². The van der Waals surface area contributed by atoms with Crippen molar-refractivity contribution >= 4 is 0 Å². The molecular weight excluding hydrogens is 148 g/mol. The summed E-state index contributed by atoms with van der Waals surface area (Å²) in [5, 5.41) is 0. The Bertz CT molecular complexity index is 283. The van der Waals surface area contributed by atoms with E-state index in [1.807, 2.05) is 12.4 Å². The van der Waals surface area contributed by atoms with Gasteiger partial charge in [-0.1, -0.05) is 6.07 Å². The molecule has 0 saturated heterocycles. The molecule has 64 valence electrons. The lowest BCUT2D eigenvalue weighted by molar-refractivity contribution is 0.807. The highest BCUT2D eigenvalue weighted by Gasteiger charge is 2.36. The highest BCUT2D eigenvalue weighted by atomic mass is 14.7. The summed E-state index contributed by atoms with van der Waals surface area (Å²) in [6.45, 7) is 2.90. The van der Waals surface area contributed by atoms with Gasteiger partial charge in [-0.05, 0) is 42.9 Å². The lowest BCUT2D eigenvalue weighted by Gasteiger charge is -1.99. The van der Waals surface area contributed by atoms with Crippen molar-refractivity contribution in [2.75, 3.05) is 6.54 Å². The van der Waals surface area contributed by atoms with Crippen molar-refractivity contribution in [3.8, 4) is 0 Å². The maximum Gasteiger partial charge on any atom is 0.0303 e. The van der Waals surface area contributed by atoms with Crippen LogP contribution in [0.4, 0.5) is 0 Å². The molecule has 0 aromatic carbocycles. The predicted molar refractivity (Wildman–Crippen MR) is 48.9 cm³/mol. The van der Waals surface area contributed by atoms with Crippen LogP contribution in [0.2, 0.25) is 0 Å². The van der Waals surface area contributed by atoms with Crippen LogP contribution in [-0.2, 0) is 0 Å². The molecule has 1 aliphatic rings. The van der Waals surface area contributed by atoms with Crippen molar-refractivity contribution in [3.63, 3.8) is 0 Å². The SMILES string of the molecule is Cc1cncc(C2CC2CN)c1. The molecule has 2 nitrogen and oxygen atoms in total. The minimum absolute atomic E-state index is 0.697. The second-order valence-electron chi connectivity index (χ2n) is 3.63. The van der Waals surface area contributed by atoms with E-state index in [4.69, 9.17) is 5.73 Å². The first-order valence-electron chi connectivity index (χ1n) is 4.43. The van der Waals surface area contributed by atoms with E-state index in [2.05, 4.69) is 18.0 Å². The van der Waals surface area contributed by atoms with Gasteiger partial charge in [-0.3, -0.25) is 4.98 Å². The molecule has 2 N–H and O–H groups in total. The molecule has 1 aliphatic carbocycles. The number of nitrogens with zero attached hydrogens (tertiary/aromatic N) is 1. The van der Waals surface area contributed by atoms with Crippen LogP contribution in [0, 0.1) is 12.8 Å². The topological polar surface area (TPSA) is 38.9 Å². The van der Waals surface area contributed by atoms with Crippen LogP contribution < -0.4 is 5.73 Å². The molecule has 1 aromatic rings. The van der Waals surface area contributed by atoms with Crippen molar-refractivity contribution in [3.05, 3.63) is 29.6 Å². The minimum Gasteiger partial charge on any atom is -0.330 e. The van der Waals surface area contributed by atoms with E-state index in [0.717, 1.165) is 6.54 Å². The van der Waals surface area contributed by atoms with Gasteiger partial charge in [-0.25, -0.2) is 0 Å². The first-order chi connectivity index (χ1) is 5.81. The fraction of sp³-hybridized carbons (Fsp3) is 0.500. The average Bonchev–Trinajstić information content (AvgIpc) is 2.83. The van der Waals surface area contributed by atoms with E-state index < -0.39 is 0 Å². The number of hydrogen-bond acceptors (Lipinski definition) is 2. The van der Waals surface area contributed by atoms with Crippen LogP contribution in [0.3, 0.4) is 0 Å². The fourth-order valence-electron chi connectivity index (χ4n) is 1.70. The van der Waals surface area contributed by atoms with E-state index in [1.54, 1.807) is 0 Å². The Kier molecular flexibility index (Phi) is 1.85. The molecule has 0 aliphatic heterocycles. The van der Waals surface area contributed by atoms with Crippen LogP contribution in [-0.4, -0.2) is 11.5 Å². The lowest BCUT2D eigenvalue weighted by atomic mass is 10.1. The van der Waals surface area contributed by atoms with Gasteiger partial charge in [-0.15, -0.1) is 0 Å². The third kappa shape index (κ3) is 1.34. The van der Waals surface area contributed by atoms with Crippen LogP contribution in [0.5, 0.6) is 0 Å². The molecule has 0 spiro atoms. The zero-order valence-corrected chi connectivity index (χ0v) is 7.33. The zero-order valence-electron chi connectivity index (χ0n) is 7.33. The molecule has 0 bridgehead atoms. The van der Waals surface area contributed by atoms with Gasteiger partial charge in [-0.2, -0.15) is 0 Å². The Hall–Kier alpha value is -0.890. The molecule has 1 saturated carbocycles. The number of pyridine rings is 1. The molecule has 1 aromatic heterocycles. The standard InChI is InChI=1S/C10H14N2/c1-7-2-9(6-12-5-7)10-3-8(10)4-11/h2,5-6,8,10H,3-4,11H2,1H3. The van der Waals surface area contributed by atoms with Crippen LogP contribution >= 0.6 is 0 Å². The maximum absolute atomic E-state index is 5.58. The zero-order chi connectivity index (χ0) is 8.55. The first kappa shape index (κ1) is 7.74. The second kappa shape index (κ2) is 2.87. The van der Waals surface area contributed by atoms with Gasteiger partial charge in [0.15, 0.2) is 0 Å². The smallest absolute Gasteiger partial charge is 0.0303 e. The summed E-state index contributed by atoms with van der Waals surface area (Å²) in [7, 11) is 0. The Morgan fingerprint density at radius 1 is 1.58 bits per heavy atom. The van der Waals surface area contributed by atoms with Crippen molar-refractivity contribution < 1.29 is 0 Å². The summed E-state index contributed by atoms with van der Waals surface area (Å²) in [4.78, 5) is 4.17. The average molecular weight is 162 g/mol. The molecule has 2 heteroatoms. The van der Waals surface area contributed by atoms with Gasteiger partial charge in [0.25, 0.3) is 0 Å². The predicted octanol–water partition coefficient (Wildman–Crippen LogP) is 1.45. The van der Waals surface area contributed by atoms with E-state index in [9.17, 15) is 0 Å². The molecule has 2 unspecified atom stereocenters.